The van der Waals surface area contributed by atoms with E-state index in [0.29, 0.717) is 0 Å². The van der Waals surface area contributed by atoms with Crippen molar-refractivity contribution in [2.24, 2.45) is 0 Å². The minimum absolute atomic E-state index is 0.105. The number of carboxylic acid groups (broad SMARTS) is 1. The second-order valence-corrected chi connectivity index (χ2v) is 4.15. The lowest BCUT2D eigenvalue weighted by molar-refractivity contribution is -0.385. The van der Waals surface area contributed by atoms with Crippen LogP contribution in [0.25, 0.3) is 0 Å². The highest BCUT2D eigenvalue weighted by atomic mass is 16.6. The Bertz CT molecular complexity index is 543. The first-order valence-electron chi connectivity index (χ1n) is 5.63. The fourth-order valence-electron chi connectivity index (χ4n) is 1.88. The van der Waals surface area contributed by atoms with Gasteiger partial charge in [0.25, 0.3) is 5.88 Å². The lowest BCUT2D eigenvalue weighted by atomic mass is 9.99. The molecule has 1 fully saturated rings. The number of ether oxygens (including phenoxy) is 2. The van der Waals surface area contributed by atoms with Gasteiger partial charge >= 0.3 is 11.7 Å². The van der Waals surface area contributed by atoms with Crippen LogP contribution in [0.2, 0.25) is 0 Å². The minimum atomic E-state index is -1.44. The summed E-state index contributed by atoms with van der Waals surface area (Å²) in [7, 11) is 1.23. The van der Waals surface area contributed by atoms with Crippen molar-refractivity contribution in [2.75, 3.05) is 25.6 Å². The Balaban J connectivity index is 2.42. The second-order valence-electron chi connectivity index (χ2n) is 4.15. The van der Waals surface area contributed by atoms with E-state index in [9.17, 15) is 20.0 Å². The van der Waals surface area contributed by atoms with Crippen LogP contribution in [0.3, 0.4) is 0 Å². The van der Waals surface area contributed by atoms with Crippen molar-refractivity contribution in [3.05, 3.63) is 16.4 Å². The van der Waals surface area contributed by atoms with E-state index in [-0.39, 0.29) is 31.3 Å². The zero-order valence-corrected chi connectivity index (χ0v) is 10.5. The van der Waals surface area contributed by atoms with Crippen molar-refractivity contribution in [1.82, 2.24) is 9.97 Å². The summed E-state index contributed by atoms with van der Waals surface area (Å²) in [5, 5.41) is 23.0. The molecule has 20 heavy (non-hydrogen) atoms. The standard InChI is InChI=1S/C10H12N4O6/c1-19-8-6(14(17)18)7(11-5-12-8)13-10(9(15)16)2-3-20-4-10/h5H,2-4H2,1H3,(H,15,16)(H,11,12,13). The Morgan fingerprint density at radius 3 is 2.90 bits per heavy atom. The molecule has 0 bridgehead atoms. The fraction of sp³-hybridized carbons (Fsp3) is 0.500. The van der Waals surface area contributed by atoms with Crippen molar-refractivity contribution in [2.45, 2.75) is 12.0 Å². The molecule has 2 rings (SSSR count). The largest absolute Gasteiger partial charge is 0.479 e. The topological polar surface area (TPSA) is 137 Å². The van der Waals surface area contributed by atoms with E-state index in [0.717, 1.165) is 6.33 Å². The summed E-state index contributed by atoms with van der Waals surface area (Å²) in [5.74, 6) is -1.62. The van der Waals surface area contributed by atoms with E-state index in [2.05, 4.69) is 15.3 Å². The molecule has 0 spiro atoms. The summed E-state index contributed by atoms with van der Waals surface area (Å²) in [4.78, 5) is 29.1. The third-order valence-electron chi connectivity index (χ3n) is 2.95. The van der Waals surface area contributed by atoms with E-state index in [4.69, 9.17) is 9.47 Å². The maximum Gasteiger partial charge on any atom is 0.372 e. The summed E-state index contributed by atoms with van der Waals surface area (Å²) in [5.41, 5.74) is -1.95. The van der Waals surface area contributed by atoms with Crippen LogP contribution in [-0.2, 0) is 9.53 Å². The second kappa shape index (κ2) is 5.25. The minimum Gasteiger partial charge on any atom is -0.479 e. The molecule has 0 radical (unpaired) electrons. The van der Waals surface area contributed by atoms with Gasteiger partial charge in [-0.2, -0.15) is 4.98 Å². The highest BCUT2D eigenvalue weighted by molar-refractivity contribution is 5.84. The average molecular weight is 284 g/mol. The van der Waals surface area contributed by atoms with Gasteiger partial charge in [-0.1, -0.05) is 0 Å². The van der Waals surface area contributed by atoms with Gasteiger partial charge in [-0.05, 0) is 0 Å². The number of rotatable bonds is 5. The zero-order chi connectivity index (χ0) is 14.8. The van der Waals surface area contributed by atoms with Crippen LogP contribution in [0, 0.1) is 10.1 Å². The SMILES string of the molecule is COc1ncnc(NC2(C(=O)O)CCOC2)c1[N+](=O)[O-]. The highest BCUT2D eigenvalue weighted by Gasteiger charge is 2.44. The van der Waals surface area contributed by atoms with Crippen LogP contribution in [0.4, 0.5) is 11.5 Å². The molecule has 10 heteroatoms. The molecule has 10 nitrogen and oxygen atoms in total. The Labute approximate surface area is 112 Å². The predicted molar refractivity (Wildman–Crippen MR) is 64.7 cm³/mol. The van der Waals surface area contributed by atoms with E-state index >= 15 is 0 Å². The normalized spacial score (nSPS) is 21.4. The van der Waals surface area contributed by atoms with Gasteiger partial charge in [-0.3, -0.25) is 10.1 Å². The van der Waals surface area contributed by atoms with Crippen molar-refractivity contribution in [1.29, 1.82) is 0 Å². The third-order valence-corrected chi connectivity index (χ3v) is 2.95. The maximum absolute atomic E-state index is 11.4. The Kier molecular flexibility index (Phi) is 3.66. The van der Waals surface area contributed by atoms with Crippen LogP contribution < -0.4 is 10.1 Å². The summed E-state index contributed by atoms with van der Waals surface area (Å²) < 4.78 is 9.86. The van der Waals surface area contributed by atoms with Crippen LogP contribution in [0.1, 0.15) is 6.42 Å². The molecule has 0 aromatic carbocycles. The van der Waals surface area contributed by atoms with E-state index in [1.807, 2.05) is 0 Å². The van der Waals surface area contributed by atoms with Gasteiger partial charge in [0.15, 0.2) is 5.54 Å². The van der Waals surface area contributed by atoms with Gasteiger partial charge in [0.2, 0.25) is 5.82 Å². The lowest BCUT2D eigenvalue weighted by Gasteiger charge is -2.23. The Morgan fingerprint density at radius 1 is 1.65 bits per heavy atom. The van der Waals surface area contributed by atoms with Crippen LogP contribution in [0.5, 0.6) is 5.88 Å². The first-order chi connectivity index (χ1) is 9.50. The summed E-state index contributed by atoms with van der Waals surface area (Å²) in [6, 6.07) is 0. The monoisotopic (exact) mass is 284 g/mol. The van der Waals surface area contributed by atoms with Crippen LogP contribution in [-0.4, -0.2) is 51.8 Å². The first kappa shape index (κ1) is 13.9. The smallest absolute Gasteiger partial charge is 0.372 e. The van der Waals surface area contributed by atoms with E-state index in [1.165, 1.54) is 7.11 Å². The molecule has 0 aliphatic carbocycles. The molecule has 1 aromatic heterocycles. The number of carbonyl (C=O) groups is 1. The number of hydrogen-bond donors (Lipinski definition) is 2. The van der Waals surface area contributed by atoms with Gasteiger partial charge in [-0.25, -0.2) is 9.78 Å². The lowest BCUT2D eigenvalue weighted by Crippen LogP contribution is -2.47. The molecule has 0 amide bonds. The molecule has 0 saturated carbocycles. The van der Waals surface area contributed by atoms with Gasteiger partial charge in [0, 0.05) is 13.0 Å². The number of nitrogens with zero attached hydrogens (tertiary/aromatic N) is 3. The Morgan fingerprint density at radius 2 is 2.40 bits per heavy atom. The quantitative estimate of drug-likeness (QED) is 0.567. The van der Waals surface area contributed by atoms with Gasteiger partial charge < -0.3 is 19.9 Å². The number of hydrogen-bond acceptors (Lipinski definition) is 8. The number of carboxylic acids is 1. The van der Waals surface area contributed by atoms with E-state index < -0.39 is 22.1 Å². The molecule has 2 heterocycles. The molecule has 1 atom stereocenters. The predicted octanol–water partition coefficient (Wildman–Crippen LogP) is 0.0490. The summed E-state index contributed by atoms with van der Waals surface area (Å²) in [6.45, 7) is 0.140. The third kappa shape index (κ3) is 2.32. The highest BCUT2D eigenvalue weighted by Crippen LogP contribution is 2.34. The molecule has 1 aliphatic heterocycles. The fourth-order valence-corrected chi connectivity index (χ4v) is 1.88. The van der Waals surface area contributed by atoms with Crippen LogP contribution in [0.15, 0.2) is 6.33 Å². The number of aromatic nitrogens is 2. The Hall–Kier alpha value is -2.49. The molecule has 1 aliphatic rings. The number of nitro groups is 1. The van der Waals surface area contributed by atoms with Crippen LogP contribution >= 0.6 is 0 Å². The first-order valence-corrected chi connectivity index (χ1v) is 5.63. The maximum atomic E-state index is 11.4. The molecular formula is C10H12N4O6. The van der Waals surface area contributed by atoms with Gasteiger partial charge in [0.1, 0.15) is 6.33 Å². The van der Waals surface area contributed by atoms with Crippen molar-refractivity contribution < 1.29 is 24.3 Å². The van der Waals surface area contributed by atoms with Crippen molar-refractivity contribution >= 4 is 17.5 Å². The molecule has 1 unspecified atom stereocenters. The van der Waals surface area contributed by atoms with Crippen molar-refractivity contribution in [3.63, 3.8) is 0 Å². The summed E-state index contributed by atoms with van der Waals surface area (Å²) >= 11 is 0. The number of nitrogens with one attached hydrogen (secondary N) is 1. The molecule has 1 aromatic rings. The molecular weight excluding hydrogens is 272 g/mol. The van der Waals surface area contributed by atoms with Crippen molar-refractivity contribution in [3.8, 4) is 5.88 Å². The number of anilines is 1. The molecule has 1 saturated heterocycles. The number of methoxy groups -OCH3 is 1. The molecule has 2 N–H and O–H groups in total. The molecule has 108 valence electrons. The number of aliphatic carboxylic acids is 1. The van der Waals surface area contributed by atoms with Gasteiger partial charge in [-0.15, -0.1) is 0 Å². The summed E-state index contributed by atoms with van der Waals surface area (Å²) in [6.07, 6.45) is 1.23. The van der Waals surface area contributed by atoms with Gasteiger partial charge in [0.05, 0.1) is 18.6 Å². The average Bonchev–Trinajstić information content (AvgIpc) is 2.88. The zero-order valence-electron chi connectivity index (χ0n) is 10.5. The van der Waals surface area contributed by atoms with E-state index in [1.54, 1.807) is 0 Å².